The Labute approximate surface area is 104 Å². The number of rotatable bonds is 4. The van der Waals surface area contributed by atoms with E-state index in [0.29, 0.717) is 12.4 Å². The molecule has 0 aliphatic rings. The van der Waals surface area contributed by atoms with Crippen molar-refractivity contribution in [2.45, 2.75) is 19.9 Å². The van der Waals surface area contributed by atoms with Crippen molar-refractivity contribution >= 4 is 17.2 Å². The summed E-state index contributed by atoms with van der Waals surface area (Å²) in [6.45, 7) is 2.79. The van der Waals surface area contributed by atoms with Crippen molar-refractivity contribution in [3.8, 4) is 0 Å². The quantitative estimate of drug-likeness (QED) is 0.901. The van der Waals surface area contributed by atoms with E-state index < -0.39 is 0 Å². The molecule has 0 aliphatic heterocycles. The highest BCUT2D eigenvalue weighted by molar-refractivity contribution is 7.12. The summed E-state index contributed by atoms with van der Waals surface area (Å²) >= 11 is 1.76. The fourth-order valence-electron chi connectivity index (χ4n) is 1.50. The zero-order valence-corrected chi connectivity index (χ0v) is 10.8. The number of nitrogens with one attached hydrogen (secondary N) is 1. The SMILES string of the molecule is CCc1ccc(CNc2nccn(C)c2=O)s1. The molecule has 0 saturated heterocycles. The van der Waals surface area contributed by atoms with E-state index in [4.69, 9.17) is 0 Å². The maximum Gasteiger partial charge on any atom is 0.293 e. The molecule has 2 aromatic rings. The molecule has 0 atom stereocenters. The van der Waals surface area contributed by atoms with Crippen molar-refractivity contribution in [1.29, 1.82) is 0 Å². The van der Waals surface area contributed by atoms with Gasteiger partial charge in [0.1, 0.15) is 0 Å². The molecule has 0 unspecified atom stereocenters. The van der Waals surface area contributed by atoms with Gasteiger partial charge in [-0.15, -0.1) is 11.3 Å². The van der Waals surface area contributed by atoms with Gasteiger partial charge in [-0.25, -0.2) is 4.98 Å². The van der Waals surface area contributed by atoms with Crippen LogP contribution in [0.25, 0.3) is 0 Å². The summed E-state index contributed by atoms with van der Waals surface area (Å²) in [6, 6.07) is 4.21. The molecule has 0 saturated carbocycles. The monoisotopic (exact) mass is 249 g/mol. The standard InChI is InChI=1S/C12H15N3OS/c1-3-9-4-5-10(17-9)8-14-11-12(16)15(2)7-6-13-11/h4-7H,3,8H2,1-2H3,(H,13,14). The van der Waals surface area contributed by atoms with Gasteiger partial charge in [0.2, 0.25) is 0 Å². The zero-order chi connectivity index (χ0) is 12.3. The van der Waals surface area contributed by atoms with Crippen LogP contribution in [0.5, 0.6) is 0 Å². The molecule has 1 N–H and O–H groups in total. The predicted octanol–water partition coefficient (Wildman–Crippen LogP) is 2.02. The van der Waals surface area contributed by atoms with Crippen molar-refractivity contribution in [1.82, 2.24) is 9.55 Å². The van der Waals surface area contributed by atoms with E-state index in [9.17, 15) is 4.79 Å². The van der Waals surface area contributed by atoms with Crippen molar-refractivity contribution in [3.63, 3.8) is 0 Å². The number of thiophene rings is 1. The van der Waals surface area contributed by atoms with Crippen molar-refractivity contribution < 1.29 is 0 Å². The van der Waals surface area contributed by atoms with Gasteiger partial charge in [0, 0.05) is 29.2 Å². The molecule has 4 nitrogen and oxygen atoms in total. The molecule has 2 heterocycles. The maximum atomic E-state index is 11.7. The van der Waals surface area contributed by atoms with Gasteiger partial charge in [0.05, 0.1) is 6.54 Å². The minimum Gasteiger partial charge on any atom is -0.361 e. The first kappa shape index (κ1) is 11.9. The average Bonchev–Trinajstić information content (AvgIpc) is 2.79. The van der Waals surface area contributed by atoms with Crippen LogP contribution in [0, 0.1) is 0 Å². The molecule has 17 heavy (non-hydrogen) atoms. The lowest BCUT2D eigenvalue weighted by atomic mass is 10.3. The van der Waals surface area contributed by atoms with Crippen LogP contribution in [0.3, 0.4) is 0 Å². The van der Waals surface area contributed by atoms with E-state index in [0.717, 1.165) is 6.42 Å². The first-order valence-corrected chi connectivity index (χ1v) is 6.35. The summed E-state index contributed by atoms with van der Waals surface area (Å²) in [5, 5.41) is 3.07. The predicted molar refractivity (Wildman–Crippen MR) is 70.5 cm³/mol. The third kappa shape index (κ3) is 2.74. The van der Waals surface area contributed by atoms with Crippen LogP contribution in [-0.4, -0.2) is 9.55 Å². The van der Waals surface area contributed by atoms with Gasteiger partial charge in [0.25, 0.3) is 5.56 Å². The number of aromatic nitrogens is 2. The number of anilines is 1. The summed E-state index contributed by atoms with van der Waals surface area (Å²) < 4.78 is 1.52. The first-order chi connectivity index (χ1) is 8.20. The van der Waals surface area contributed by atoms with E-state index in [2.05, 4.69) is 29.4 Å². The molecule has 0 aromatic carbocycles. The third-order valence-electron chi connectivity index (χ3n) is 2.51. The van der Waals surface area contributed by atoms with Gasteiger partial charge in [-0.2, -0.15) is 0 Å². The first-order valence-electron chi connectivity index (χ1n) is 5.53. The van der Waals surface area contributed by atoms with Gasteiger partial charge in [-0.05, 0) is 18.6 Å². The lowest BCUT2D eigenvalue weighted by molar-refractivity contribution is 0.840. The van der Waals surface area contributed by atoms with Gasteiger partial charge in [0.15, 0.2) is 5.82 Å². The van der Waals surface area contributed by atoms with Crippen LogP contribution < -0.4 is 10.9 Å². The molecule has 0 bridgehead atoms. The Morgan fingerprint density at radius 3 is 2.88 bits per heavy atom. The number of hydrogen-bond donors (Lipinski definition) is 1. The van der Waals surface area contributed by atoms with E-state index in [1.54, 1.807) is 30.8 Å². The molecule has 2 rings (SSSR count). The summed E-state index contributed by atoms with van der Waals surface area (Å²) in [6.07, 6.45) is 4.32. The van der Waals surface area contributed by atoms with E-state index in [1.165, 1.54) is 14.3 Å². The highest BCUT2D eigenvalue weighted by atomic mass is 32.1. The smallest absolute Gasteiger partial charge is 0.293 e. The third-order valence-corrected chi connectivity index (χ3v) is 3.74. The Morgan fingerprint density at radius 1 is 1.41 bits per heavy atom. The Balaban J connectivity index is 2.07. The second-order valence-electron chi connectivity index (χ2n) is 3.77. The Kier molecular flexibility index (Phi) is 3.58. The van der Waals surface area contributed by atoms with E-state index in [-0.39, 0.29) is 5.56 Å². The van der Waals surface area contributed by atoms with Crippen LogP contribution in [0.2, 0.25) is 0 Å². The van der Waals surface area contributed by atoms with Crippen LogP contribution in [0.1, 0.15) is 16.7 Å². The lowest BCUT2D eigenvalue weighted by Gasteiger charge is -2.04. The van der Waals surface area contributed by atoms with Crippen LogP contribution in [0.15, 0.2) is 29.3 Å². The molecule has 0 aliphatic carbocycles. The van der Waals surface area contributed by atoms with Crippen LogP contribution >= 0.6 is 11.3 Å². The second-order valence-corrected chi connectivity index (χ2v) is 5.02. The molecule has 0 spiro atoms. The minimum atomic E-state index is -0.0974. The highest BCUT2D eigenvalue weighted by Crippen LogP contribution is 2.17. The van der Waals surface area contributed by atoms with Crippen molar-refractivity contribution in [2.75, 3.05) is 5.32 Å². The highest BCUT2D eigenvalue weighted by Gasteiger charge is 2.03. The molecule has 0 fully saturated rings. The Bertz CT molecular complexity index is 559. The molecular formula is C12H15N3OS. The van der Waals surface area contributed by atoms with Gasteiger partial charge in [-0.1, -0.05) is 6.92 Å². The van der Waals surface area contributed by atoms with E-state index in [1.807, 2.05) is 0 Å². The lowest BCUT2D eigenvalue weighted by Crippen LogP contribution is -2.21. The number of hydrogen-bond acceptors (Lipinski definition) is 4. The van der Waals surface area contributed by atoms with Crippen molar-refractivity contribution in [3.05, 3.63) is 44.6 Å². The minimum absolute atomic E-state index is 0.0974. The largest absolute Gasteiger partial charge is 0.361 e. The zero-order valence-electron chi connectivity index (χ0n) is 9.93. The number of nitrogens with zero attached hydrogens (tertiary/aromatic N) is 2. The molecule has 0 radical (unpaired) electrons. The molecule has 0 amide bonds. The fraction of sp³-hybridized carbons (Fsp3) is 0.333. The van der Waals surface area contributed by atoms with Crippen molar-refractivity contribution in [2.24, 2.45) is 7.05 Å². The average molecular weight is 249 g/mol. The topological polar surface area (TPSA) is 46.9 Å². The summed E-state index contributed by atoms with van der Waals surface area (Å²) in [5.41, 5.74) is -0.0974. The normalized spacial score (nSPS) is 10.5. The molecule has 90 valence electrons. The summed E-state index contributed by atoms with van der Waals surface area (Å²) in [5.74, 6) is 0.404. The fourth-order valence-corrected chi connectivity index (χ4v) is 2.39. The van der Waals surface area contributed by atoms with Gasteiger partial charge in [-0.3, -0.25) is 4.79 Å². The van der Waals surface area contributed by atoms with Crippen LogP contribution in [0.4, 0.5) is 5.82 Å². The van der Waals surface area contributed by atoms with Gasteiger partial charge >= 0.3 is 0 Å². The van der Waals surface area contributed by atoms with Gasteiger partial charge < -0.3 is 9.88 Å². The molecule has 5 heteroatoms. The van der Waals surface area contributed by atoms with Crippen LogP contribution in [-0.2, 0) is 20.0 Å². The molecular weight excluding hydrogens is 234 g/mol. The maximum absolute atomic E-state index is 11.7. The second kappa shape index (κ2) is 5.14. The Morgan fingerprint density at radius 2 is 2.18 bits per heavy atom. The molecule has 2 aromatic heterocycles. The Hall–Kier alpha value is -1.62. The summed E-state index contributed by atoms with van der Waals surface area (Å²) in [7, 11) is 1.72. The van der Waals surface area contributed by atoms with E-state index >= 15 is 0 Å². The summed E-state index contributed by atoms with van der Waals surface area (Å²) in [4.78, 5) is 18.3. The number of aryl methyl sites for hydroxylation is 2.